The summed E-state index contributed by atoms with van der Waals surface area (Å²) in [4.78, 5) is 0. The number of thiophene rings is 1. The van der Waals surface area contributed by atoms with E-state index in [1.165, 1.54) is 30.6 Å². The quantitative estimate of drug-likeness (QED) is 0.405. The number of hydrogen-bond donors (Lipinski definition) is 3. The molecule has 0 bridgehead atoms. The summed E-state index contributed by atoms with van der Waals surface area (Å²) in [7, 11) is 0. The molecule has 0 aliphatic rings. The van der Waals surface area contributed by atoms with Gasteiger partial charge in [0.1, 0.15) is 0 Å². The van der Waals surface area contributed by atoms with Crippen LogP contribution in [0.25, 0.3) is 0 Å². The number of hydrogen-bond acceptors (Lipinski definition) is 4. The Kier molecular flexibility index (Phi) is 8.19. The monoisotopic (exact) mass is 252 g/mol. The average Bonchev–Trinajstić information content (AvgIpc) is 2.60. The van der Waals surface area contributed by atoms with Crippen LogP contribution in [0.2, 0.25) is 0 Å². The summed E-state index contributed by atoms with van der Waals surface area (Å²) in [6.07, 6.45) is 5.72. The molecule has 0 unspecified atom stereocenters. The van der Waals surface area contributed by atoms with Crippen molar-refractivity contribution in [2.75, 3.05) is 0 Å². The Hall–Kier alpha value is 0.645. The minimum absolute atomic E-state index is 0. The normalized spacial score (nSPS) is 11.2. The van der Waals surface area contributed by atoms with Crippen LogP contribution in [-0.4, -0.2) is 21.8 Å². The van der Waals surface area contributed by atoms with Crippen molar-refractivity contribution in [3.05, 3.63) is 17.0 Å². The van der Waals surface area contributed by atoms with E-state index in [-0.39, 0.29) is 34.3 Å². The maximum Gasteiger partial charge on any atom is 1.00 e. The van der Waals surface area contributed by atoms with Gasteiger partial charge in [0.25, 0.3) is 0 Å². The zero-order valence-corrected chi connectivity index (χ0v) is 12.8. The smallest absolute Gasteiger partial charge is 0.555 e. The second-order valence-electron chi connectivity index (χ2n) is 3.90. The first-order valence-electron chi connectivity index (χ1n) is 5.43. The molecule has 0 atom stereocenters. The molecule has 0 aliphatic carbocycles. The Morgan fingerprint density at radius 1 is 1.19 bits per heavy atom. The molecule has 16 heavy (non-hydrogen) atoms. The molecule has 0 spiro atoms. The van der Waals surface area contributed by atoms with Gasteiger partial charge in [0, 0.05) is 0 Å². The van der Waals surface area contributed by atoms with Gasteiger partial charge in [-0.1, -0.05) is 37.0 Å². The molecule has 1 aromatic rings. The molecule has 0 saturated carbocycles. The molecule has 0 amide bonds. The van der Waals surface area contributed by atoms with E-state index < -0.39 is 6.75 Å². The van der Waals surface area contributed by atoms with E-state index in [1.807, 2.05) is 5.38 Å². The summed E-state index contributed by atoms with van der Waals surface area (Å²) in [5.41, 5.74) is 1.08. The average molecular weight is 252 g/mol. The van der Waals surface area contributed by atoms with Crippen molar-refractivity contribution in [2.24, 2.45) is 0 Å². The Bertz CT molecular complexity index is 298. The van der Waals surface area contributed by atoms with Crippen molar-refractivity contribution in [1.82, 2.24) is 0 Å². The molecule has 6 heteroatoms. The van der Waals surface area contributed by atoms with Crippen LogP contribution in [0.5, 0.6) is 0 Å². The van der Waals surface area contributed by atoms with E-state index in [1.54, 1.807) is 6.07 Å². The first-order chi connectivity index (χ1) is 7.04. The number of aryl methyl sites for hydroxylation is 1. The van der Waals surface area contributed by atoms with Crippen LogP contribution in [-0.2, 0) is 6.42 Å². The third-order valence-corrected chi connectivity index (χ3v) is 3.50. The van der Waals surface area contributed by atoms with Crippen LogP contribution in [0.3, 0.4) is 0 Å². The van der Waals surface area contributed by atoms with E-state index in [2.05, 4.69) is 6.92 Å². The van der Waals surface area contributed by atoms with E-state index in [4.69, 9.17) is 15.1 Å². The third-order valence-electron chi connectivity index (χ3n) is 2.37. The molecule has 86 valence electrons. The van der Waals surface area contributed by atoms with E-state index in [0.29, 0.717) is 0 Å². The topological polar surface area (TPSA) is 60.7 Å². The van der Waals surface area contributed by atoms with Crippen LogP contribution in [0, 0.1) is 0 Å². The van der Waals surface area contributed by atoms with Crippen LogP contribution < -0.4 is 34.3 Å². The predicted molar refractivity (Wildman–Crippen MR) is 64.2 cm³/mol. The number of unbranched alkanes of at least 4 members (excludes halogenated alkanes) is 3. The van der Waals surface area contributed by atoms with Gasteiger partial charge in [-0.2, -0.15) is 11.3 Å². The molecule has 3 nitrogen and oxygen atoms in total. The minimum Gasteiger partial charge on any atom is -0.555 e. The standard InChI is InChI=1S/C10H18BO3S.Na/c1-2-3-4-5-6-9-7-10(15-8-9)11(12,13)14;/h7-8,12-14H,2-6H2,1H3;/q-1;+1. The second kappa shape index (κ2) is 7.87. The molecule has 0 radical (unpaired) electrons. The number of rotatable bonds is 6. The molecular weight excluding hydrogens is 234 g/mol. The van der Waals surface area contributed by atoms with Gasteiger partial charge in [-0.25, -0.2) is 0 Å². The van der Waals surface area contributed by atoms with Crippen molar-refractivity contribution in [1.29, 1.82) is 0 Å². The Morgan fingerprint density at radius 2 is 1.88 bits per heavy atom. The second-order valence-corrected chi connectivity index (χ2v) is 4.84. The van der Waals surface area contributed by atoms with Gasteiger partial charge < -0.3 is 15.1 Å². The van der Waals surface area contributed by atoms with Crippen molar-refractivity contribution in [2.45, 2.75) is 39.0 Å². The molecule has 1 aromatic heterocycles. The summed E-state index contributed by atoms with van der Waals surface area (Å²) in [6, 6.07) is 1.68. The molecule has 0 saturated heterocycles. The van der Waals surface area contributed by atoms with Gasteiger partial charge in [0.05, 0.1) is 0 Å². The Morgan fingerprint density at radius 3 is 2.38 bits per heavy atom. The first-order valence-corrected chi connectivity index (χ1v) is 6.31. The van der Waals surface area contributed by atoms with Crippen LogP contribution in [0.4, 0.5) is 0 Å². The van der Waals surface area contributed by atoms with Crippen LogP contribution >= 0.6 is 11.3 Å². The van der Waals surface area contributed by atoms with Crippen LogP contribution in [0.1, 0.15) is 38.2 Å². The summed E-state index contributed by atoms with van der Waals surface area (Å²) < 4.78 is 0.250. The largest absolute Gasteiger partial charge is 1.00 e. The fraction of sp³-hybridized carbons (Fsp3) is 0.600. The molecule has 0 fully saturated rings. The Labute approximate surface area is 123 Å². The van der Waals surface area contributed by atoms with E-state index in [0.717, 1.165) is 18.4 Å². The molecular formula is C10H18BNaO3S. The molecule has 0 aliphatic heterocycles. The summed E-state index contributed by atoms with van der Waals surface area (Å²) >= 11 is 1.20. The fourth-order valence-electron chi connectivity index (χ4n) is 1.48. The zero-order valence-electron chi connectivity index (χ0n) is 10.0. The summed E-state index contributed by atoms with van der Waals surface area (Å²) in [5, 5.41) is 28.9. The maximum atomic E-state index is 9.00. The zero-order chi connectivity index (χ0) is 11.3. The van der Waals surface area contributed by atoms with Crippen molar-refractivity contribution in [3.8, 4) is 0 Å². The van der Waals surface area contributed by atoms with Gasteiger partial charge in [-0.3, -0.25) is 0 Å². The van der Waals surface area contributed by atoms with Crippen molar-refractivity contribution < 1.29 is 44.6 Å². The summed E-state index contributed by atoms with van der Waals surface area (Å²) in [5.74, 6) is 0. The maximum absolute atomic E-state index is 9.00. The van der Waals surface area contributed by atoms with Gasteiger partial charge in [-0.05, 0) is 23.8 Å². The van der Waals surface area contributed by atoms with E-state index >= 15 is 0 Å². The Balaban J connectivity index is 0.00000225. The van der Waals surface area contributed by atoms with Crippen molar-refractivity contribution in [3.63, 3.8) is 0 Å². The van der Waals surface area contributed by atoms with Gasteiger partial charge in [0.2, 0.25) is 0 Å². The molecule has 3 N–H and O–H groups in total. The van der Waals surface area contributed by atoms with Crippen LogP contribution in [0.15, 0.2) is 11.4 Å². The van der Waals surface area contributed by atoms with Gasteiger partial charge in [0.15, 0.2) is 0 Å². The molecule has 0 aromatic carbocycles. The fourth-order valence-corrected chi connectivity index (χ4v) is 2.36. The van der Waals surface area contributed by atoms with E-state index in [9.17, 15) is 0 Å². The summed E-state index contributed by atoms with van der Waals surface area (Å²) in [6.45, 7) is -1.12. The minimum atomic E-state index is -3.29. The molecule has 1 rings (SSSR count). The predicted octanol–water partition coefficient (Wildman–Crippen LogP) is -2.00. The SMILES string of the molecule is CCCCCCc1csc([B-](O)(O)O)c1.[Na+]. The van der Waals surface area contributed by atoms with Gasteiger partial charge in [-0.15, -0.1) is 0 Å². The van der Waals surface area contributed by atoms with Crippen molar-refractivity contribution >= 4 is 22.9 Å². The third kappa shape index (κ3) is 5.82. The van der Waals surface area contributed by atoms with Gasteiger partial charge >= 0.3 is 36.3 Å². The first kappa shape index (κ1) is 16.6. The molecule has 1 heterocycles.